The molecule has 6 nitrogen and oxygen atoms in total. The van der Waals surface area contributed by atoms with Crippen molar-refractivity contribution >= 4 is 17.9 Å². The van der Waals surface area contributed by atoms with Gasteiger partial charge in [-0.2, -0.15) is 0 Å². The summed E-state index contributed by atoms with van der Waals surface area (Å²) in [5.41, 5.74) is 0. The topological polar surface area (TPSA) is 78.9 Å². The molecule has 0 aromatic rings. The van der Waals surface area contributed by atoms with Crippen LogP contribution in [0.3, 0.4) is 0 Å². The van der Waals surface area contributed by atoms with Crippen LogP contribution in [-0.4, -0.2) is 37.2 Å². The number of esters is 3. The molecule has 0 saturated heterocycles. The van der Waals surface area contributed by atoms with Gasteiger partial charge in [-0.15, -0.1) is 0 Å². The Kier molecular flexibility index (Phi) is 39.1. The van der Waals surface area contributed by atoms with E-state index in [0.29, 0.717) is 19.3 Å². The largest absolute Gasteiger partial charge is 0.462 e. The van der Waals surface area contributed by atoms with Gasteiger partial charge in [0.15, 0.2) is 6.10 Å². The first-order valence-electron chi connectivity index (χ1n) is 21.6. The van der Waals surface area contributed by atoms with Crippen molar-refractivity contribution in [3.05, 3.63) is 48.6 Å². The van der Waals surface area contributed by atoms with Crippen LogP contribution in [0.15, 0.2) is 48.6 Å². The normalized spacial score (nSPS) is 12.4. The quantitative estimate of drug-likeness (QED) is 0.0272. The van der Waals surface area contributed by atoms with E-state index in [-0.39, 0.29) is 31.1 Å². The van der Waals surface area contributed by atoms with E-state index in [0.717, 1.165) is 89.9 Å². The third-order valence-corrected chi connectivity index (χ3v) is 9.10. The number of unbranched alkanes of at least 4 members (excludes halogenated alkanes) is 19. The molecule has 300 valence electrons. The number of carbonyl (C=O) groups is 3. The second-order valence-electron chi connectivity index (χ2n) is 14.2. The summed E-state index contributed by atoms with van der Waals surface area (Å²) < 4.78 is 16.6. The fourth-order valence-electron chi connectivity index (χ4n) is 5.84. The Morgan fingerprint density at radius 2 is 0.750 bits per heavy atom. The molecule has 0 aromatic carbocycles. The van der Waals surface area contributed by atoms with Crippen LogP contribution in [0.2, 0.25) is 0 Å². The Morgan fingerprint density at radius 3 is 1.17 bits per heavy atom. The minimum Gasteiger partial charge on any atom is -0.462 e. The van der Waals surface area contributed by atoms with Crippen molar-refractivity contribution in [2.75, 3.05) is 13.2 Å². The lowest BCUT2D eigenvalue weighted by molar-refractivity contribution is -0.167. The molecule has 1 atom stereocenters. The van der Waals surface area contributed by atoms with E-state index in [1.807, 2.05) is 0 Å². The molecule has 0 rings (SSSR count). The number of hydrogen-bond donors (Lipinski definition) is 0. The molecule has 0 aliphatic rings. The zero-order valence-electron chi connectivity index (χ0n) is 34.1. The molecule has 6 heteroatoms. The summed E-state index contributed by atoms with van der Waals surface area (Å²) in [6.07, 6.45) is 46.7. The molecule has 0 aliphatic carbocycles. The molecule has 0 amide bonds. The van der Waals surface area contributed by atoms with Crippen LogP contribution in [-0.2, 0) is 28.6 Å². The van der Waals surface area contributed by atoms with Gasteiger partial charge >= 0.3 is 17.9 Å². The van der Waals surface area contributed by atoms with Crippen LogP contribution < -0.4 is 0 Å². The minimum atomic E-state index is -0.778. The van der Waals surface area contributed by atoms with E-state index in [9.17, 15) is 14.4 Å². The Bertz CT molecular complexity index is 933. The fraction of sp³-hybridized carbons (Fsp3) is 0.761. The second kappa shape index (κ2) is 41.1. The average molecular weight is 729 g/mol. The van der Waals surface area contributed by atoms with Crippen LogP contribution >= 0.6 is 0 Å². The maximum atomic E-state index is 12.6. The standard InChI is InChI=1S/C46H80O6/c1-4-7-10-13-16-19-20-21-22-23-24-25-28-30-33-36-39-45(48)51-42-43(52-46(49)40-37-34-31-27-18-15-12-9-6-3)41-50-44(47)38-35-32-29-26-17-14-11-8-5-2/h7,10,16,19,21-22,24-25,43H,4-6,8-9,11-15,17-18,20,23,26-42H2,1-3H3/b10-7-,19-16-,22-21-,25-24-. The van der Waals surface area contributed by atoms with Gasteiger partial charge in [-0.05, 0) is 57.8 Å². The number of rotatable bonds is 38. The summed E-state index contributed by atoms with van der Waals surface area (Å²) >= 11 is 0. The van der Waals surface area contributed by atoms with Gasteiger partial charge < -0.3 is 14.2 Å². The average Bonchev–Trinajstić information content (AvgIpc) is 3.14. The zero-order valence-corrected chi connectivity index (χ0v) is 34.1. The lowest BCUT2D eigenvalue weighted by atomic mass is 10.1. The Labute approximate surface area is 320 Å². The molecule has 0 heterocycles. The predicted molar refractivity (Wildman–Crippen MR) is 219 cm³/mol. The highest BCUT2D eigenvalue weighted by Crippen LogP contribution is 2.13. The first-order valence-corrected chi connectivity index (χ1v) is 21.6. The molecular formula is C46H80O6. The van der Waals surface area contributed by atoms with Crippen molar-refractivity contribution in [2.24, 2.45) is 0 Å². The predicted octanol–water partition coefficient (Wildman–Crippen LogP) is 13.6. The maximum absolute atomic E-state index is 12.6. The van der Waals surface area contributed by atoms with Crippen LogP contribution in [0, 0.1) is 0 Å². The summed E-state index contributed by atoms with van der Waals surface area (Å²) in [6, 6.07) is 0. The molecule has 0 aromatic heterocycles. The SMILES string of the molecule is CC/C=C\C/C=C\C/C=C\C/C=C\CCCCCC(=O)OCC(COC(=O)CCCCCCCCCCC)OC(=O)CCCCCCCCCCC. The molecule has 0 fully saturated rings. The molecule has 0 spiro atoms. The minimum absolute atomic E-state index is 0.0814. The van der Waals surface area contributed by atoms with Crippen LogP contribution in [0.25, 0.3) is 0 Å². The van der Waals surface area contributed by atoms with Gasteiger partial charge in [0.2, 0.25) is 0 Å². The monoisotopic (exact) mass is 729 g/mol. The maximum Gasteiger partial charge on any atom is 0.306 e. The number of carbonyl (C=O) groups excluding carboxylic acids is 3. The molecule has 0 N–H and O–H groups in total. The van der Waals surface area contributed by atoms with Crippen molar-refractivity contribution in [3.63, 3.8) is 0 Å². The lowest BCUT2D eigenvalue weighted by Gasteiger charge is -2.18. The number of ether oxygens (including phenoxy) is 3. The first-order chi connectivity index (χ1) is 25.5. The molecule has 0 aliphatic heterocycles. The van der Waals surface area contributed by atoms with Crippen LogP contribution in [0.4, 0.5) is 0 Å². The molecule has 0 saturated carbocycles. The van der Waals surface area contributed by atoms with Crippen molar-refractivity contribution in [1.82, 2.24) is 0 Å². The fourth-order valence-corrected chi connectivity index (χ4v) is 5.84. The molecule has 0 radical (unpaired) electrons. The molecular weight excluding hydrogens is 648 g/mol. The first kappa shape index (κ1) is 49.4. The summed E-state index contributed by atoms with van der Waals surface area (Å²) in [5, 5.41) is 0. The van der Waals surface area contributed by atoms with Gasteiger partial charge in [-0.25, -0.2) is 0 Å². The Hall–Kier alpha value is -2.63. The van der Waals surface area contributed by atoms with E-state index in [4.69, 9.17) is 14.2 Å². The van der Waals surface area contributed by atoms with E-state index in [2.05, 4.69) is 69.4 Å². The van der Waals surface area contributed by atoms with Crippen molar-refractivity contribution in [3.8, 4) is 0 Å². The van der Waals surface area contributed by atoms with Crippen LogP contribution in [0.1, 0.15) is 207 Å². The summed E-state index contributed by atoms with van der Waals surface area (Å²) in [4.78, 5) is 37.5. The van der Waals surface area contributed by atoms with Crippen molar-refractivity contribution in [1.29, 1.82) is 0 Å². The van der Waals surface area contributed by atoms with Crippen molar-refractivity contribution in [2.45, 2.75) is 213 Å². The number of hydrogen-bond acceptors (Lipinski definition) is 6. The second-order valence-corrected chi connectivity index (χ2v) is 14.2. The van der Waals surface area contributed by atoms with E-state index in [1.165, 1.54) is 77.0 Å². The van der Waals surface area contributed by atoms with E-state index >= 15 is 0 Å². The van der Waals surface area contributed by atoms with Gasteiger partial charge in [-0.3, -0.25) is 14.4 Å². The molecule has 0 bridgehead atoms. The number of allylic oxidation sites excluding steroid dienone is 8. The summed E-state index contributed by atoms with van der Waals surface area (Å²) in [5.74, 6) is -0.922. The highest BCUT2D eigenvalue weighted by molar-refractivity contribution is 5.71. The Morgan fingerprint density at radius 1 is 0.404 bits per heavy atom. The zero-order chi connectivity index (χ0) is 38.0. The third-order valence-electron chi connectivity index (χ3n) is 9.10. The summed E-state index contributed by atoms with van der Waals surface area (Å²) in [7, 11) is 0. The van der Waals surface area contributed by atoms with E-state index < -0.39 is 6.10 Å². The van der Waals surface area contributed by atoms with E-state index in [1.54, 1.807) is 0 Å². The van der Waals surface area contributed by atoms with Gasteiger partial charge in [0.1, 0.15) is 13.2 Å². The highest BCUT2D eigenvalue weighted by Gasteiger charge is 2.19. The van der Waals surface area contributed by atoms with Gasteiger partial charge in [0.05, 0.1) is 0 Å². The van der Waals surface area contributed by atoms with Crippen molar-refractivity contribution < 1.29 is 28.6 Å². The Balaban J connectivity index is 4.38. The van der Waals surface area contributed by atoms with Gasteiger partial charge in [0.25, 0.3) is 0 Å². The molecule has 1 unspecified atom stereocenters. The summed E-state index contributed by atoms with van der Waals surface area (Å²) in [6.45, 7) is 6.44. The smallest absolute Gasteiger partial charge is 0.306 e. The third kappa shape index (κ3) is 38.6. The van der Waals surface area contributed by atoms with Gasteiger partial charge in [0, 0.05) is 19.3 Å². The van der Waals surface area contributed by atoms with Crippen LogP contribution in [0.5, 0.6) is 0 Å². The molecule has 52 heavy (non-hydrogen) atoms. The van der Waals surface area contributed by atoms with Gasteiger partial charge in [-0.1, -0.05) is 179 Å². The highest BCUT2D eigenvalue weighted by atomic mass is 16.6. The lowest BCUT2D eigenvalue weighted by Crippen LogP contribution is -2.30.